The van der Waals surface area contributed by atoms with Crippen LogP contribution < -0.4 is 5.32 Å². The van der Waals surface area contributed by atoms with Crippen molar-refractivity contribution >= 4 is 0 Å². The van der Waals surface area contributed by atoms with Crippen LogP contribution in [0.25, 0.3) is 0 Å². The number of nitrogens with one attached hydrogen (secondary N) is 1. The zero-order valence-corrected chi connectivity index (χ0v) is 9.52. The first-order chi connectivity index (χ1) is 7.54. The van der Waals surface area contributed by atoms with Crippen LogP contribution in [0, 0.1) is 5.92 Å². The van der Waals surface area contributed by atoms with Crippen LogP contribution in [0.15, 0.2) is 0 Å². The zero-order chi connectivity index (χ0) is 12.0. The molecule has 1 saturated heterocycles. The van der Waals surface area contributed by atoms with Crippen LogP contribution in [-0.2, 0) is 4.74 Å². The van der Waals surface area contributed by atoms with Crippen LogP contribution in [0.2, 0.25) is 0 Å². The van der Waals surface area contributed by atoms with E-state index in [1.165, 1.54) is 0 Å². The summed E-state index contributed by atoms with van der Waals surface area (Å²) in [6.45, 7) is 4.91. The highest BCUT2D eigenvalue weighted by Gasteiger charge is 2.40. The smallest absolute Gasteiger partial charge is 0.380 e. The number of nitrogens with zero attached hydrogens (tertiary/aromatic N) is 1. The second-order valence-electron chi connectivity index (χ2n) is 3.94. The molecule has 6 heteroatoms. The van der Waals surface area contributed by atoms with Gasteiger partial charge in [-0.2, -0.15) is 13.2 Å². The van der Waals surface area contributed by atoms with Crippen LogP contribution in [0.4, 0.5) is 13.2 Å². The van der Waals surface area contributed by atoms with Crippen molar-refractivity contribution in [2.75, 3.05) is 45.9 Å². The maximum Gasteiger partial charge on any atom is 0.394 e. The lowest BCUT2D eigenvalue weighted by atomic mass is 10.1. The van der Waals surface area contributed by atoms with Crippen molar-refractivity contribution in [1.82, 2.24) is 10.2 Å². The maximum atomic E-state index is 12.6. The van der Waals surface area contributed by atoms with Gasteiger partial charge < -0.3 is 10.1 Å². The predicted octanol–water partition coefficient (Wildman–Crippen LogP) is 1.11. The summed E-state index contributed by atoms with van der Waals surface area (Å²) in [5.41, 5.74) is 0. The molecule has 1 aliphatic heterocycles. The van der Waals surface area contributed by atoms with Gasteiger partial charge in [-0.15, -0.1) is 0 Å². The van der Waals surface area contributed by atoms with Gasteiger partial charge in [0.1, 0.15) is 0 Å². The van der Waals surface area contributed by atoms with Crippen LogP contribution >= 0.6 is 0 Å². The first kappa shape index (κ1) is 13.7. The number of hydrogen-bond acceptors (Lipinski definition) is 3. The third-order valence-electron chi connectivity index (χ3n) is 2.69. The summed E-state index contributed by atoms with van der Waals surface area (Å²) < 4.78 is 42.9. The first-order valence-electron chi connectivity index (χ1n) is 5.61. The molecule has 0 spiro atoms. The Morgan fingerprint density at radius 2 is 2.19 bits per heavy atom. The summed E-state index contributed by atoms with van der Waals surface area (Å²) >= 11 is 0. The standard InChI is InChI=1S/C10H19F3N2O/c1-2-16-6-5-15-4-3-14-7-9(8-15)10(11,12)13/h9,14H,2-8H2,1H3. The number of ether oxygens (including phenoxy) is 1. The third kappa shape index (κ3) is 4.67. The average Bonchev–Trinajstić information content (AvgIpc) is 2.43. The van der Waals surface area contributed by atoms with Crippen molar-refractivity contribution < 1.29 is 17.9 Å². The zero-order valence-electron chi connectivity index (χ0n) is 9.52. The van der Waals surface area contributed by atoms with Crippen LogP contribution in [0.5, 0.6) is 0 Å². The quantitative estimate of drug-likeness (QED) is 0.745. The monoisotopic (exact) mass is 240 g/mol. The lowest BCUT2D eigenvalue weighted by Crippen LogP contribution is -2.39. The fourth-order valence-corrected chi connectivity index (χ4v) is 1.74. The molecule has 0 amide bonds. The molecule has 1 aliphatic rings. The van der Waals surface area contributed by atoms with E-state index in [2.05, 4.69) is 5.32 Å². The Labute approximate surface area is 93.9 Å². The van der Waals surface area contributed by atoms with E-state index in [-0.39, 0.29) is 13.1 Å². The Morgan fingerprint density at radius 1 is 1.44 bits per heavy atom. The minimum atomic E-state index is -4.11. The molecule has 0 aliphatic carbocycles. The SMILES string of the molecule is CCOCCN1CCNCC(C(F)(F)F)C1. The number of alkyl halides is 3. The number of hydrogen-bond donors (Lipinski definition) is 1. The molecule has 1 rings (SSSR count). The number of halogens is 3. The highest BCUT2D eigenvalue weighted by molar-refractivity contribution is 4.78. The van der Waals surface area contributed by atoms with Gasteiger partial charge in [0, 0.05) is 39.3 Å². The molecule has 1 fully saturated rings. The summed E-state index contributed by atoms with van der Waals surface area (Å²) in [7, 11) is 0. The van der Waals surface area contributed by atoms with Gasteiger partial charge >= 0.3 is 6.18 Å². The molecule has 0 aromatic carbocycles. The molecule has 96 valence electrons. The van der Waals surface area contributed by atoms with Gasteiger partial charge in [-0.05, 0) is 6.92 Å². The molecule has 0 bridgehead atoms. The van der Waals surface area contributed by atoms with E-state index in [9.17, 15) is 13.2 Å². The van der Waals surface area contributed by atoms with E-state index in [1.807, 2.05) is 11.8 Å². The molecule has 1 N–H and O–H groups in total. The van der Waals surface area contributed by atoms with Crippen LogP contribution in [-0.4, -0.2) is 57.0 Å². The summed E-state index contributed by atoms with van der Waals surface area (Å²) in [6, 6.07) is 0. The topological polar surface area (TPSA) is 24.5 Å². The Kier molecular flexibility index (Phi) is 5.51. The van der Waals surface area contributed by atoms with Gasteiger partial charge in [0.2, 0.25) is 0 Å². The summed E-state index contributed by atoms with van der Waals surface area (Å²) in [4.78, 5) is 1.81. The van der Waals surface area contributed by atoms with Gasteiger partial charge in [-0.1, -0.05) is 0 Å². The fraction of sp³-hybridized carbons (Fsp3) is 1.00. The van der Waals surface area contributed by atoms with E-state index in [4.69, 9.17) is 4.74 Å². The molecule has 0 aromatic rings. The van der Waals surface area contributed by atoms with Crippen molar-refractivity contribution in [2.24, 2.45) is 5.92 Å². The third-order valence-corrected chi connectivity index (χ3v) is 2.69. The highest BCUT2D eigenvalue weighted by Crippen LogP contribution is 2.27. The van der Waals surface area contributed by atoms with Gasteiger partial charge in [-0.3, -0.25) is 4.90 Å². The molecule has 1 unspecified atom stereocenters. The van der Waals surface area contributed by atoms with Crippen molar-refractivity contribution in [3.05, 3.63) is 0 Å². The lowest BCUT2D eigenvalue weighted by Gasteiger charge is -2.25. The van der Waals surface area contributed by atoms with Crippen LogP contribution in [0.1, 0.15) is 6.92 Å². The van der Waals surface area contributed by atoms with Crippen LogP contribution in [0.3, 0.4) is 0 Å². The molecule has 3 nitrogen and oxygen atoms in total. The molecule has 16 heavy (non-hydrogen) atoms. The molecule has 0 saturated carbocycles. The summed E-state index contributed by atoms with van der Waals surface area (Å²) in [5, 5.41) is 2.82. The highest BCUT2D eigenvalue weighted by atomic mass is 19.4. The Bertz CT molecular complexity index is 199. The van der Waals surface area contributed by atoms with Gasteiger partial charge in [0.15, 0.2) is 0 Å². The molecule has 0 aromatic heterocycles. The fourth-order valence-electron chi connectivity index (χ4n) is 1.74. The summed E-state index contributed by atoms with van der Waals surface area (Å²) in [6.07, 6.45) is -4.11. The Hall–Kier alpha value is -0.330. The van der Waals surface area contributed by atoms with Gasteiger partial charge in [0.05, 0.1) is 12.5 Å². The van der Waals surface area contributed by atoms with Crippen molar-refractivity contribution in [3.63, 3.8) is 0 Å². The second kappa shape index (κ2) is 6.42. The maximum absolute atomic E-state index is 12.6. The lowest BCUT2D eigenvalue weighted by molar-refractivity contribution is -0.176. The van der Waals surface area contributed by atoms with E-state index >= 15 is 0 Å². The predicted molar refractivity (Wildman–Crippen MR) is 55.3 cm³/mol. The van der Waals surface area contributed by atoms with E-state index in [0.717, 1.165) is 0 Å². The average molecular weight is 240 g/mol. The van der Waals surface area contributed by atoms with E-state index < -0.39 is 12.1 Å². The van der Waals surface area contributed by atoms with E-state index in [1.54, 1.807) is 0 Å². The Morgan fingerprint density at radius 3 is 2.81 bits per heavy atom. The molecule has 1 atom stereocenters. The minimum Gasteiger partial charge on any atom is -0.380 e. The summed E-state index contributed by atoms with van der Waals surface area (Å²) in [5.74, 6) is -1.27. The minimum absolute atomic E-state index is 0.0225. The second-order valence-corrected chi connectivity index (χ2v) is 3.94. The molecule has 0 radical (unpaired) electrons. The normalized spacial score (nSPS) is 24.4. The largest absolute Gasteiger partial charge is 0.394 e. The number of rotatable bonds is 4. The van der Waals surface area contributed by atoms with E-state index in [0.29, 0.717) is 32.8 Å². The molecular weight excluding hydrogens is 221 g/mol. The van der Waals surface area contributed by atoms with Crippen molar-refractivity contribution in [2.45, 2.75) is 13.1 Å². The first-order valence-corrected chi connectivity index (χ1v) is 5.61. The Balaban J connectivity index is 2.39. The van der Waals surface area contributed by atoms with Crippen molar-refractivity contribution in [3.8, 4) is 0 Å². The molecule has 1 heterocycles. The van der Waals surface area contributed by atoms with Gasteiger partial charge in [-0.25, -0.2) is 0 Å². The van der Waals surface area contributed by atoms with Crippen molar-refractivity contribution in [1.29, 1.82) is 0 Å². The molecular formula is C10H19F3N2O. The van der Waals surface area contributed by atoms with Gasteiger partial charge in [0.25, 0.3) is 0 Å².